The first-order valence-electron chi connectivity index (χ1n) is 16.3. The fourth-order valence-corrected chi connectivity index (χ4v) is 8.85. The Morgan fingerprint density at radius 2 is 1.76 bits per heavy atom. The van der Waals surface area contributed by atoms with Gasteiger partial charge in [0.05, 0.1) is 24.2 Å². The molecule has 2 aromatic rings. The highest BCUT2D eigenvalue weighted by Crippen LogP contribution is 2.66. The number of nitrogens with zero attached hydrogens (tertiary/aromatic N) is 1. The molecule has 0 aromatic heterocycles. The summed E-state index contributed by atoms with van der Waals surface area (Å²) in [5.74, 6) is 0.0543. The Balaban J connectivity index is 0.911. The number of ether oxygens (including phenoxy) is 1. The zero-order valence-electron chi connectivity index (χ0n) is 26.3. The molecule has 4 N–H and O–H groups in total. The van der Waals surface area contributed by atoms with Crippen LogP contribution in [0.25, 0.3) is 11.1 Å². The molecule has 2 heterocycles. The number of nitrogens with one attached hydrogen (secondary N) is 2. The van der Waals surface area contributed by atoms with Gasteiger partial charge in [-0.2, -0.15) is 0 Å². The average molecular weight is 615 g/mol. The van der Waals surface area contributed by atoms with Crippen molar-refractivity contribution in [3.05, 3.63) is 59.7 Å². The van der Waals surface area contributed by atoms with E-state index in [-0.39, 0.29) is 54.6 Å². The van der Waals surface area contributed by atoms with Gasteiger partial charge in [-0.1, -0.05) is 62.4 Å². The zero-order valence-corrected chi connectivity index (χ0v) is 26.3. The summed E-state index contributed by atoms with van der Waals surface area (Å²) in [4.78, 5) is 40.9. The van der Waals surface area contributed by atoms with Crippen molar-refractivity contribution in [2.75, 3.05) is 26.2 Å². The molecule has 4 unspecified atom stereocenters. The SMILES string of the molecule is CC12OB(C3CCCN3C(=O)CNC(=O)C(CN)NC(=O)OCC3c4ccccc4-c4ccccc43)OC1C[C@@H]1C[C@H]2C1(C)C. The molecule has 4 aliphatic carbocycles. The molecule has 10 nitrogen and oxygen atoms in total. The Hall–Kier alpha value is -3.41. The second-order valence-corrected chi connectivity index (χ2v) is 14.1. The van der Waals surface area contributed by atoms with Gasteiger partial charge in [-0.25, -0.2) is 4.79 Å². The fraction of sp³-hybridized carbons (Fsp3) is 0.559. The molecule has 5 fully saturated rings. The number of benzene rings is 2. The molecule has 2 aromatic carbocycles. The van der Waals surface area contributed by atoms with Gasteiger partial charge in [-0.15, -0.1) is 0 Å². The summed E-state index contributed by atoms with van der Waals surface area (Å²) in [5.41, 5.74) is 10.2. The van der Waals surface area contributed by atoms with Crippen molar-refractivity contribution in [3.63, 3.8) is 0 Å². The molecule has 6 atom stereocenters. The number of fused-ring (bicyclic) bond motifs is 3. The van der Waals surface area contributed by atoms with Gasteiger partial charge in [-0.3, -0.25) is 9.59 Å². The van der Waals surface area contributed by atoms with Gasteiger partial charge in [-0.05, 0) is 72.1 Å². The van der Waals surface area contributed by atoms with Crippen molar-refractivity contribution in [2.45, 2.75) is 76.1 Å². The lowest BCUT2D eigenvalue weighted by Gasteiger charge is -2.64. The first-order chi connectivity index (χ1) is 21.6. The Labute approximate surface area is 264 Å². The third kappa shape index (κ3) is 5.03. The van der Waals surface area contributed by atoms with Gasteiger partial charge in [0.1, 0.15) is 12.6 Å². The molecule has 2 saturated heterocycles. The normalized spacial score (nSPS) is 29.7. The van der Waals surface area contributed by atoms with E-state index in [1.54, 1.807) is 4.90 Å². The topological polar surface area (TPSA) is 132 Å². The molecule has 2 bridgehead atoms. The molecular formula is C34H43BN4O6. The van der Waals surface area contributed by atoms with Gasteiger partial charge in [0, 0.05) is 19.0 Å². The van der Waals surface area contributed by atoms with Crippen molar-refractivity contribution in [1.82, 2.24) is 15.5 Å². The number of likely N-dealkylation sites (tertiary alicyclic amines) is 1. The Morgan fingerprint density at radius 1 is 1.07 bits per heavy atom. The Bertz CT molecular complexity index is 1460. The van der Waals surface area contributed by atoms with Gasteiger partial charge >= 0.3 is 13.2 Å². The van der Waals surface area contributed by atoms with Crippen LogP contribution in [-0.4, -0.2) is 79.9 Å². The maximum Gasteiger partial charge on any atom is 0.481 e. The van der Waals surface area contributed by atoms with E-state index in [1.807, 2.05) is 36.4 Å². The van der Waals surface area contributed by atoms with Gasteiger partial charge < -0.3 is 35.3 Å². The van der Waals surface area contributed by atoms with E-state index in [9.17, 15) is 14.4 Å². The molecule has 0 radical (unpaired) electrons. The summed E-state index contributed by atoms with van der Waals surface area (Å²) in [6.45, 7) is 7.20. The van der Waals surface area contributed by atoms with E-state index in [2.05, 4.69) is 43.5 Å². The maximum atomic E-state index is 13.3. The first kappa shape index (κ1) is 30.3. The summed E-state index contributed by atoms with van der Waals surface area (Å²) in [6.07, 6.45) is 3.11. The molecular weight excluding hydrogens is 571 g/mol. The third-order valence-electron chi connectivity index (χ3n) is 11.5. The van der Waals surface area contributed by atoms with Crippen LogP contribution in [0.2, 0.25) is 0 Å². The predicted octanol–water partition coefficient (Wildman–Crippen LogP) is 3.23. The van der Waals surface area contributed by atoms with E-state index in [0.29, 0.717) is 18.4 Å². The molecule has 45 heavy (non-hydrogen) atoms. The third-order valence-corrected chi connectivity index (χ3v) is 11.5. The first-order valence-corrected chi connectivity index (χ1v) is 16.3. The van der Waals surface area contributed by atoms with E-state index < -0.39 is 25.2 Å². The number of nitrogens with two attached hydrogens (primary N) is 1. The van der Waals surface area contributed by atoms with Gasteiger partial charge in [0.25, 0.3) is 0 Å². The lowest BCUT2D eigenvalue weighted by Crippen LogP contribution is -2.65. The predicted molar refractivity (Wildman–Crippen MR) is 169 cm³/mol. The van der Waals surface area contributed by atoms with Crippen molar-refractivity contribution >= 4 is 25.0 Å². The highest BCUT2D eigenvalue weighted by atomic mass is 16.7. The molecule has 6 aliphatic rings. The van der Waals surface area contributed by atoms with E-state index in [0.717, 1.165) is 41.5 Å². The molecule has 3 saturated carbocycles. The second-order valence-electron chi connectivity index (χ2n) is 14.1. The van der Waals surface area contributed by atoms with Crippen molar-refractivity contribution in [3.8, 4) is 11.1 Å². The molecule has 11 heteroatoms. The number of hydrogen-bond acceptors (Lipinski definition) is 7. The standard InChI is InChI=1S/C34H43BN4O6/c1-33(2)20-15-27(33)34(3)28(16-20)44-35(45-34)29-13-8-14-39(29)30(40)18-37-31(41)26(17-36)38-32(42)43-19-25-23-11-6-4-9-21(23)22-10-5-7-12-24(22)25/h4-7,9-12,20,25-29H,8,13-19,36H2,1-3H3,(H,37,41)(H,38,42)/t20-,26?,27-,28?,29?,34?/m0/s1. The second kappa shape index (κ2) is 11.4. The lowest BCUT2D eigenvalue weighted by molar-refractivity contribution is -0.199. The molecule has 8 rings (SSSR count). The summed E-state index contributed by atoms with van der Waals surface area (Å²) < 4.78 is 18.7. The smallest absolute Gasteiger partial charge is 0.449 e. The van der Waals surface area contributed by atoms with Crippen LogP contribution in [0.4, 0.5) is 4.79 Å². The van der Waals surface area contributed by atoms with Crippen molar-refractivity contribution < 1.29 is 28.4 Å². The number of carbonyl (C=O) groups excluding carboxylic acids is 3. The van der Waals surface area contributed by atoms with E-state index in [4.69, 9.17) is 19.8 Å². The molecule has 0 spiro atoms. The van der Waals surface area contributed by atoms with Crippen LogP contribution in [0, 0.1) is 17.3 Å². The number of alkyl carbamates (subject to hydrolysis) is 1. The fourth-order valence-electron chi connectivity index (χ4n) is 8.85. The van der Waals surface area contributed by atoms with E-state index >= 15 is 0 Å². The summed E-state index contributed by atoms with van der Waals surface area (Å²) >= 11 is 0. The van der Waals surface area contributed by atoms with Crippen LogP contribution in [0.1, 0.15) is 63.5 Å². The Morgan fingerprint density at radius 3 is 2.42 bits per heavy atom. The highest BCUT2D eigenvalue weighted by Gasteiger charge is 2.69. The zero-order chi connectivity index (χ0) is 31.5. The number of carbonyl (C=O) groups is 3. The number of hydrogen-bond donors (Lipinski definition) is 3. The van der Waals surface area contributed by atoms with E-state index in [1.165, 1.54) is 6.42 Å². The average Bonchev–Trinajstić information content (AvgIpc) is 3.75. The number of rotatable bonds is 8. The maximum absolute atomic E-state index is 13.3. The van der Waals surface area contributed by atoms with Crippen molar-refractivity contribution in [2.24, 2.45) is 23.0 Å². The highest BCUT2D eigenvalue weighted by molar-refractivity contribution is 6.48. The molecule has 3 amide bonds. The Kier molecular flexibility index (Phi) is 7.69. The van der Waals surface area contributed by atoms with Gasteiger partial charge in [0.2, 0.25) is 11.8 Å². The van der Waals surface area contributed by atoms with Crippen LogP contribution >= 0.6 is 0 Å². The monoisotopic (exact) mass is 614 g/mol. The largest absolute Gasteiger partial charge is 0.481 e. The van der Waals surface area contributed by atoms with Crippen molar-refractivity contribution in [1.29, 1.82) is 0 Å². The van der Waals surface area contributed by atoms with Crippen LogP contribution in [0.5, 0.6) is 0 Å². The lowest BCUT2D eigenvalue weighted by atomic mass is 9.43. The van der Waals surface area contributed by atoms with Gasteiger partial charge in [0.15, 0.2) is 0 Å². The summed E-state index contributed by atoms with van der Waals surface area (Å²) in [6, 6.07) is 15.1. The number of amides is 3. The van der Waals surface area contributed by atoms with Crippen LogP contribution in [0.3, 0.4) is 0 Å². The minimum Gasteiger partial charge on any atom is -0.449 e. The molecule has 238 valence electrons. The van der Waals surface area contributed by atoms with Crippen LogP contribution in [-0.2, 0) is 23.6 Å². The summed E-state index contributed by atoms with van der Waals surface area (Å²) in [7, 11) is -0.468. The van der Waals surface area contributed by atoms with Crippen LogP contribution < -0.4 is 16.4 Å². The quantitative estimate of drug-likeness (QED) is 0.389. The minimum absolute atomic E-state index is 0.0471. The summed E-state index contributed by atoms with van der Waals surface area (Å²) in [5, 5.41) is 5.24. The van der Waals surface area contributed by atoms with Crippen LogP contribution in [0.15, 0.2) is 48.5 Å². The molecule has 2 aliphatic heterocycles. The minimum atomic E-state index is -1.04.